The van der Waals surface area contributed by atoms with Crippen molar-refractivity contribution in [3.05, 3.63) is 100 Å². The average molecular weight is 332 g/mol. The van der Waals surface area contributed by atoms with Crippen LogP contribution in [0, 0.1) is 10.1 Å². The maximum Gasteiger partial charge on any atom is 0.269 e. The van der Waals surface area contributed by atoms with E-state index in [1.54, 1.807) is 18.3 Å². The predicted octanol–water partition coefficient (Wildman–Crippen LogP) is 4.92. The van der Waals surface area contributed by atoms with Gasteiger partial charge in [0.2, 0.25) is 0 Å². The van der Waals surface area contributed by atoms with E-state index >= 15 is 0 Å². The number of nitro benzene ring substituents is 1. The second kappa shape index (κ2) is 7.88. The van der Waals surface area contributed by atoms with Crippen LogP contribution in [-0.2, 0) is 6.61 Å². The Morgan fingerprint density at radius 3 is 2.32 bits per heavy atom. The summed E-state index contributed by atoms with van der Waals surface area (Å²) in [4.78, 5) is 14.7. The zero-order chi connectivity index (χ0) is 17.5. The summed E-state index contributed by atoms with van der Waals surface area (Å²) in [5.41, 5.74) is 2.67. The summed E-state index contributed by atoms with van der Waals surface area (Å²) in [5, 5.41) is 10.7. The molecule has 5 nitrogen and oxygen atoms in total. The minimum Gasteiger partial charge on any atom is -0.488 e. The SMILES string of the molecule is O=[N+]([O-])c1ccc(COc2ccccc2C=Nc2ccccc2)cc1. The van der Waals surface area contributed by atoms with Crippen LogP contribution < -0.4 is 4.74 Å². The molecule has 0 bridgehead atoms. The zero-order valence-electron chi connectivity index (χ0n) is 13.4. The summed E-state index contributed by atoms with van der Waals surface area (Å²) in [7, 11) is 0. The third kappa shape index (κ3) is 4.51. The highest BCUT2D eigenvalue weighted by Crippen LogP contribution is 2.20. The van der Waals surface area contributed by atoms with Gasteiger partial charge in [-0.05, 0) is 42.0 Å². The highest BCUT2D eigenvalue weighted by molar-refractivity contribution is 5.85. The average Bonchev–Trinajstić information content (AvgIpc) is 2.66. The Labute approximate surface area is 145 Å². The third-order valence-corrected chi connectivity index (χ3v) is 3.57. The smallest absolute Gasteiger partial charge is 0.269 e. The summed E-state index contributed by atoms with van der Waals surface area (Å²) in [6.07, 6.45) is 1.76. The molecule has 0 saturated heterocycles. The molecule has 0 saturated carbocycles. The molecule has 0 unspecified atom stereocenters. The van der Waals surface area contributed by atoms with Crippen LogP contribution in [0.5, 0.6) is 5.75 Å². The molecule has 0 fully saturated rings. The van der Waals surface area contributed by atoms with Crippen LogP contribution in [0.25, 0.3) is 0 Å². The molecule has 0 aliphatic carbocycles. The van der Waals surface area contributed by atoms with E-state index in [4.69, 9.17) is 4.74 Å². The van der Waals surface area contributed by atoms with Crippen LogP contribution in [0.4, 0.5) is 11.4 Å². The Morgan fingerprint density at radius 2 is 1.60 bits per heavy atom. The van der Waals surface area contributed by atoms with E-state index in [1.807, 2.05) is 54.6 Å². The Morgan fingerprint density at radius 1 is 0.920 bits per heavy atom. The Bertz CT molecular complexity index is 875. The van der Waals surface area contributed by atoms with E-state index in [0.717, 1.165) is 16.8 Å². The van der Waals surface area contributed by atoms with Crippen LogP contribution in [0.2, 0.25) is 0 Å². The van der Waals surface area contributed by atoms with Crippen molar-refractivity contribution in [3.8, 4) is 5.75 Å². The van der Waals surface area contributed by atoms with Crippen molar-refractivity contribution in [1.82, 2.24) is 0 Å². The van der Waals surface area contributed by atoms with Gasteiger partial charge in [-0.2, -0.15) is 0 Å². The number of nitrogens with zero attached hydrogens (tertiary/aromatic N) is 2. The number of para-hydroxylation sites is 2. The van der Waals surface area contributed by atoms with Crippen molar-refractivity contribution in [2.24, 2.45) is 4.99 Å². The van der Waals surface area contributed by atoms with Gasteiger partial charge in [-0.15, -0.1) is 0 Å². The molecule has 0 aromatic heterocycles. The van der Waals surface area contributed by atoms with Gasteiger partial charge in [0.05, 0.1) is 10.6 Å². The topological polar surface area (TPSA) is 64.7 Å². The number of hydrogen-bond acceptors (Lipinski definition) is 4. The summed E-state index contributed by atoms with van der Waals surface area (Å²) < 4.78 is 5.85. The van der Waals surface area contributed by atoms with E-state index in [9.17, 15) is 10.1 Å². The molecule has 0 N–H and O–H groups in total. The maximum absolute atomic E-state index is 10.7. The van der Waals surface area contributed by atoms with Gasteiger partial charge < -0.3 is 4.74 Å². The van der Waals surface area contributed by atoms with Crippen molar-refractivity contribution < 1.29 is 9.66 Å². The molecule has 0 radical (unpaired) electrons. The van der Waals surface area contributed by atoms with Crippen LogP contribution in [0.3, 0.4) is 0 Å². The van der Waals surface area contributed by atoms with E-state index < -0.39 is 4.92 Å². The van der Waals surface area contributed by atoms with Gasteiger partial charge in [-0.3, -0.25) is 15.1 Å². The number of aliphatic imine (C=N–C) groups is 1. The molecule has 0 atom stereocenters. The van der Waals surface area contributed by atoms with Gasteiger partial charge in [-0.25, -0.2) is 0 Å². The molecule has 5 heteroatoms. The lowest BCUT2D eigenvalue weighted by atomic mass is 10.2. The van der Waals surface area contributed by atoms with Crippen LogP contribution in [-0.4, -0.2) is 11.1 Å². The molecule has 3 rings (SSSR count). The number of non-ortho nitro benzene ring substituents is 1. The quantitative estimate of drug-likeness (QED) is 0.365. The molecule has 0 spiro atoms. The monoisotopic (exact) mass is 332 g/mol. The lowest BCUT2D eigenvalue weighted by Crippen LogP contribution is -1.98. The van der Waals surface area contributed by atoms with Gasteiger partial charge in [-0.1, -0.05) is 30.3 Å². The zero-order valence-corrected chi connectivity index (χ0v) is 13.4. The first-order chi connectivity index (χ1) is 12.2. The van der Waals surface area contributed by atoms with Crippen LogP contribution >= 0.6 is 0 Å². The number of hydrogen-bond donors (Lipinski definition) is 0. The summed E-state index contributed by atoms with van der Waals surface area (Å²) in [6, 6.07) is 23.6. The number of nitro groups is 1. The first kappa shape index (κ1) is 16.4. The molecule has 124 valence electrons. The minimum atomic E-state index is -0.417. The molecular formula is C20H16N2O3. The standard InChI is InChI=1S/C20H16N2O3/c23-22(24)19-12-10-16(11-13-19)15-25-20-9-5-4-6-17(20)14-21-18-7-2-1-3-8-18/h1-14H,15H2. The van der Waals surface area contributed by atoms with Crippen molar-refractivity contribution >= 4 is 17.6 Å². The molecular weight excluding hydrogens is 316 g/mol. The van der Waals surface area contributed by atoms with E-state index in [2.05, 4.69) is 4.99 Å². The molecule has 3 aromatic carbocycles. The molecule has 0 amide bonds. The molecule has 3 aromatic rings. The first-order valence-electron chi connectivity index (χ1n) is 7.76. The summed E-state index contributed by atoms with van der Waals surface area (Å²) in [6.45, 7) is 0.328. The normalized spacial score (nSPS) is 10.7. The Hall–Kier alpha value is -3.47. The van der Waals surface area contributed by atoms with Gasteiger partial charge in [0.25, 0.3) is 5.69 Å². The van der Waals surface area contributed by atoms with Gasteiger partial charge in [0.1, 0.15) is 12.4 Å². The predicted molar refractivity (Wildman–Crippen MR) is 97.6 cm³/mol. The Kier molecular flexibility index (Phi) is 5.16. The lowest BCUT2D eigenvalue weighted by molar-refractivity contribution is -0.384. The fraction of sp³-hybridized carbons (Fsp3) is 0.0500. The maximum atomic E-state index is 10.7. The molecule has 0 aliphatic rings. The number of benzene rings is 3. The highest BCUT2D eigenvalue weighted by Gasteiger charge is 2.05. The van der Waals surface area contributed by atoms with Gasteiger partial charge >= 0.3 is 0 Å². The number of rotatable bonds is 6. The van der Waals surface area contributed by atoms with Crippen molar-refractivity contribution in [2.45, 2.75) is 6.61 Å². The molecule has 0 heterocycles. The summed E-state index contributed by atoms with van der Waals surface area (Å²) in [5.74, 6) is 0.709. The second-order valence-electron chi connectivity index (χ2n) is 5.34. The minimum absolute atomic E-state index is 0.0687. The van der Waals surface area contributed by atoms with E-state index in [1.165, 1.54) is 12.1 Å². The highest BCUT2D eigenvalue weighted by atomic mass is 16.6. The van der Waals surface area contributed by atoms with E-state index in [0.29, 0.717) is 12.4 Å². The molecule has 25 heavy (non-hydrogen) atoms. The van der Waals surface area contributed by atoms with Gasteiger partial charge in [0, 0.05) is 23.9 Å². The third-order valence-electron chi connectivity index (χ3n) is 3.57. The summed E-state index contributed by atoms with van der Waals surface area (Å²) >= 11 is 0. The van der Waals surface area contributed by atoms with Crippen molar-refractivity contribution in [2.75, 3.05) is 0 Å². The Balaban J connectivity index is 1.70. The fourth-order valence-electron chi connectivity index (χ4n) is 2.25. The molecule has 0 aliphatic heterocycles. The second-order valence-corrected chi connectivity index (χ2v) is 5.34. The van der Waals surface area contributed by atoms with Crippen LogP contribution in [0.1, 0.15) is 11.1 Å². The first-order valence-corrected chi connectivity index (χ1v) is 7.76. The van der Waals surface area contributed by atoms with Gasteiger partial charge in [0.15, 0.2) is 0 Å². The van der Waals surface area contributed by atoms with Crippen molar-refractivity contribution in [1.29, 1.82) is 0 Å². The van der Waals surface area contributed by atoms with Crippen LogP contribution in [0.15, 0.2) is 83.9 Å². The largest absolute Gasteiger partial charge is 0.488 e. The fourth-order valence-corrected chi connectivity index (χ4v) is 2.25. The van der Waals surface area contributed by atoms with Crippen molar-refractivity contribution in [3.63, 3.8) is 0 Å². The lowest BCUT2D eigenvalue weighted by Gasteiger charge is -2.09. The number of ether oxygens (including phenoxy) is 1. The van der Waals surface area contributed by atoms with E-state index in [-0.39, 0.29) is 5.69 Å².